The lowest BCUT2D eigenvalue weighted by atomic mass is 9.79. The quantitative estimate of drug-likeness (QED) is 0.427. The molecule has 0 spiro atoms. The zero-order valence-electron chi connectivity index (χ0n) is 25.4. The number of aromatic nitrogens is 1. The van der Waals surface area contributed by atoms with Crippen molar-refractivity contribution in [1.29, 1.82) is 0 Å². The molecule has 2 N–H and O–H groups in total. The van der Waals surface area contributed by atoms with Crippen molar-refractivity contribution in [3.63, 3.8) is 0 Å². The van der Waals surface area contributed by atoms with Crippen LogP contribution in [0.3, 0.4) is 0 Å². The van der Waals surface area contributed by atoms with Crippen molar-refractivity contribution in [1.82, 2.24) is 20.1 Å². The van der Waals surface area contributed by atoms with E-state index in [0.717, 1.165) is 44.4 Å². The maximum Gasteiger partial charge on any atom is 0.416 e. The van der Waals surface area contributed by atoms with Gasteiger partial charge in [-0.05, 0) is 62.3 Å². The van der Waals surface area contributed by atoms with Crippen LogP contribution in [-0.2, 0) is 27.9 Å². The van der Waals surface area contributed by atoms with Crippen molar-refractivity contribution in [2.45, 2.75) is 87.3 Å². The third-order valence-corrected chi connectivity index (χ3v) is 10.1. The number of alkyl halides is 6. The van der Waals surface area contributed by atoms with Gasteiger partial charge in [0, 0.05) is 44.3 Å². The molecule has 1 amide bonds. The Morgan fingerprint density at radius 1 is 1.00 bits per heavy atom. The summed E-state index contributed by atoms with van der Waals surface area (Å²) < 4.78 is 83.3. The second kappa shape index (κ2) is 12.9. The minimum absolute atomic E-state index is 0.0261. The van der Waals surface area contributed by atoms with E-state index in [4.69, 9.17) is 4.74 Å². The molecule has 1 aliphatic carbocycles. The Bertz CT molecular complexity index is 1370. The number of morpholine rings is 1. The fraction of sp³-hybridized carbons (Fsp3) is 0.625. The van der Waals surface area contributed by atoms with E-state index in [1.807, 2.05) is 4.90 Å². The van der Waals surface area contributed by atoms with E-state index >= 15 is 0 Å². The summed E-state index contributed by atoms with van der Waals surface area (Å²) in [6.07, 6.45) is -4.93. The number of nitrogens with zero attached hydrogens (tertiary/aromatic N) is 4. The molecule has 14 heteroatoms. The van der Waals surface area contributed by atoms with Crippen LogP contribution in [0.25, 0.3) is 0 Å². The van der Waals surface area contributed by atoms with E-state index in [2.05, 4.69) is 15.2 Å². The Balaban J connectivity index is 0.985. The minimum atomic E-state index is -4.43. The first-order chi connectivity index (χ1) is 21.8. The number of likely N-dealkylation sites (tertiary alicyclic amines) is 2. The maximum absolute atomic E-state index is 13.1. The molecule has 1 saturated carbocycles. The second-order valence-corrected chi connectivity index (χ2v) is 12.9. The van der Waals surface area contributed by atoms with Crippen molar-refractivity contribution in [3.05, 3.63) is 59.4 Å². The number of hydrogen-bond donors (Lipinski definition) is 2. The van der Waals surface area contributed by atoms with Crippen molar-refractivity contribution in [2.24, 2.45) is 0 Å². The lowest BCUT2D eigenvalue weighted by molar-refractivity contribution is -0.221. The van der Waals surface area contributed by atoms with Crippen molar-refractivity contribution in [2.75, 3.05) is 44.2 Å². The number of benzene rings is 1. The topological polar surface area (TPSA) is 81.2 Å². The molecule has 1 aromatic heterocycles. The van der Waals surface area contributed by atoms with Gasteiger partial charge in [-0.1, -0.05) is 18.2 Å². The average Bonchev–Trinajstić information content (AvgIpc) is 3.64. The number of amides is 1. The first kappa shape index (κ1) is 33.0. The number of ether oxygens (including phenoxy) is 1. The lowest BCUT2D eigenvalue weighted by Gasteiger charge is -2.41. The zero-order valence-corrected chi connectivity index (χ0v) is 25.4. The number of carbonyl (C=O) groups is 1. The molecule has 0 radical (unpaired) electrons. The summed E-state index contributed by atoms with van der Waals surface area (Å²) in [5.41, 5.74) is -0.279. The zero-order chi connectivity index (χ0) is 32.7. The van der Waals surface area contributed by atoms with Crippen LogP contribution in [0.4, 0.5) is 32.0 Å². The third-order valence-electron chi connectivity index (χ3n) is 10.1. The molecule has 6 rings (SSSR count). The van der Waals surface area contributed by atoms with Gasteiger partial charge in [-0.3, -0.25) is 14.7 Å². The smallest absolute Gasteiger partial charge is 0.384 e. The van der Waals surface area contributed by atoms with E-state index in [1.54, 1.807) is 23.1 Å². The number of rotatable bonds is 7. The maximum atomic E-state index is 13.1. The Morgan fingerprint density at radius 3 is 2.46 bits per heavy atom. The molecule has 46 heavy (non-hydrogen) atoms. The molecular formula is C32H39F6N5O3. The van der Waals surface area contributed by atoms with Gasteiger partial charge in [-0.15, -0.1) is 0 Å². The molecule has 0 bridgehead atoms. The van der Waals surface area contributed by atoms with Crippen LogP contribution < -0.4 is 10.2 Å². The highest BCUT2D eigenvalue weighted by atomic mass is 19.4. The van der Waals surface area contributed by atoms with Gasteiger partial charge >= 0.3 is 12.4 Å². The number of hydrogen-bond acceptors (Lipinski definition) is 7. The number of aliphatic hydroxyl groups is 1. The van der Waals surface area contributed by atoms with Crippen molar-refractivity contribution < 1.29 is 41.0 Å². The summed E-state index contributed by atoms with van der Waals surface area (Å²) in [6.45, 7) is 1.71. The van der Waals surface area contributed by atoms with E-state index in [-0.39, 0.29) is 50.3 Å². The third kappa shape index (κ3) is 6.99. The van der Waals surface area contributed by atoms with E-state index in [0.29, 0.717) is 42.9 Å². The molecule has 252 valence electrons. The van der Waals surface area contributed by atoms with Crippen LogP contribution >= 0.6 is 0 Å². The van der Waals surface area contributed by atoms with E-state index in [9.17, 15) is 36.2 Å². The summed E-state index contributed by atoms with van der Waals surface area (Å²) in [7, 11) is 0. The predicted octanol–water partition coefficient (Wildman–Crippen LogP) is 4.46. The summed E-state index contributed by atoms with van der Waals surface area (Å²) in [4.78, 5) is 23.5. The molecule has 3 saturated heterocycles. The normalized spacial score (nSPS) is 29.3. The first-order valence-corrected chi connectivity index (χ1v) is 15.9. The molecule has 0 unspecified atom stereocenters. The fourth-order valence-electron chi connectivity index (χ4n) is 7.65. The molecule has 2 aromatic rings. The monoisotopic (exact) mass is 655 g/mol. The number of anilines is 1. The molecule has 8 nitrogen and oxygen atoms in total. The van der Waals surface area contributed by atoms with Crippen molar-refractivity contribution in [3.8, 4) is 0 Å². The van der Waals surface area contributed by atoms with Gasteiger partial charge in [-0.2, -0.15) is 26.3 Å². The highest BCUT2D eigenvalue weighted by molar-refractivity contribution is 5.79. The van der Waals surface area contributed by atoms with Crippen molar-refractivity contribution >= 4 is 11.6 Å². The lowest BCUT2D eigenvalue weighted by Crippen LogP contribution is -2.49. The second-order valence-electron chi connectivity index (χ2n) is 12.9. The van der Waals surface area contributed by atoms with Gasteiger partial charge in [0.25, 0.3) is 0 Å². The summed E-state index contributed by atoms with van der Waals surface area (Å²) >= 11 is 0. The molecular weight excluding hydrogens is 616 g/mol. The first-order valence-electron chi connectivity index (χ1n) is 15.9. The average molecular weight is 656 g/mol. The minimum Gasteiger partial charge on any atom is -0.384 e. The molecule has 3 atom stereocenters. The number of nitrogens with one attached hydrogen (secondary N) is 1. The fourth-order valence-corrected chi connectivity index (χ4v) is 7.65. The Hall–Kier alpha value is -2.94. The van der Waals surface area contributed by atoms with Crippen LogP contribution in [0.2, 0.25) is 0 Å². The van der Waals surface area contributed by atoms with Gasteiger partial charge in [0.1, 0.15) is 5.60 Å². The van der Waals surface area contributed by atoms with Crippen LogP contribution in [0.5, 0.6) is 0 Å². The molecule has 4 heterocycles. The Labute approximate surface area is 263 Å². The van der Waals surface area contributed by atoms with Gasteiger partial charge in [0.15, 0.2) is 6.10 Å². The highest BCUT2D eigenvalue weighted by Crippen LogP contribution is 2.42. The summed E-state index contributed by atoms with van der Waals surface area (Å²) in [6, 6.07) is 9.10. The van der Waals surface area contributed by atoms with Crippen LogP contribution in [0, 0.1) is 0 Å². The summed E-state index contributed by atoms with van der Waals surface area (Å²) in [5, 5.41) is 14.5. The molecule has 4 aliphatic rings. The largest absolute Gasteiger partial charge is 0.416 e. The van der Waals surface area contributed by atoms with Crippen LogP contribution in [-0.4, -0.2) is 95.5 Å². The highest BCUT2D eigenvalue weighted by Gasteiger charge is 2.48. The van der Waals surface area contributed by atoms with Crippen LogP contribution in [0.1, 0.15) is 55.3 Å². The van der Waals surface area contributed by atoms with Crippen LogP contribution in [0.15, 0.2) is 42.6 Å². The molecule has 4 fully saturated rings. The van der Waals surface area contributed by atoms with E-state index < -0.39 is 29.6 Å². The van der Waals surface area contributed by atoms with Gasteiger partial charge in [0.2, 0.25) is 5.91 Å². The number of fused-ring (bicyclic) bond motifs is 1. The van der Waals surface area contributed by atoms with E-state index in [1.165, 1.54) is 12.3 Å². The Morgan fingerprint density at radius 2 is 1.76 bits per heavy atom. The van der Waals surface area contributed by atoms with Gasteiger partial charge < -0.3 is 25.0 Å². The predicted molar refractivity (Wildman–Crippen MR) is 157 cm³/mol. The Kier molecular flexibility index (Phi) is 9.27. The molecule has 3 aliphatic heterocycles. The SMILES string of the molecule is O=C(CNCc1cccc(C(F)(F)F)c1)N1CC[C@H]2[C@@H]1CCN2C1CCC(O)(c2ccc(N3CCO[C@H](C(F)(F)F)C3)cn2)CC1. The number of carbonyl (C=O) groups excluding carboxylic acids is 1. The molecule has 1 aromatic carbocycles. The summed E-state index contributed by atoms with van der Waals surface area (Å²) in [5.74, 6) is -0.0557. The van der Waals surface area contributed by atoms with Gasteiger partial charge in [0.05, 0.1) is 42.8 Å². The van der Waals surface area contributed by atoms with Gasteiger partial charge in [-0.25, -0.2) is 0 Å². The number of halogens is 6. The number of pyridine rings is 1. The standard InChI is InChI=1S/C32H39F6N5O3/c33-31(34,35)22-3-1-2-21(16-22)17-39-19-29(44)43-13-9-25-26(43)8-12-42(25)23-6-10-30(45,11-7-23)27-5-4-24(18-40-27)41-14-15-46-28(20-41)32(36,37)38/h1-5,16,18,23,25-26,28,39,45H,6-15,17,19-20H2/t23?,25-,26-,28-,30?/m0/s1.